The summed E-state index contributed by atoms with van der Waals surface area (Å²) in [5.74, 6) is 0.966. The molecule has 0 aliphatic carbocycles. The first kappa shape index (κ1) is 14.5. The number of halogens is 1. The second-order valence-electron chi connectivity index (χ2n) is 4.79. The Morgan fingerprint density at radius 3 is 2.45 bits per heavy atom. The molecule has 0 bridgehead atoms. The van der Waals surface area contributed by atoms with E-state index in [4.69, 9.17) is 21.1 Å². The Kier molecular flexibility index (Phi) is 3.77. The van der Waals surface area contributed by atoms with Gasteiger partial charge in [-0.2, -0.15) is 0 Å². The Bertz CT molecular complexity index is 783. The van der Waals surface area contributed by atoms with Gasteiger partial charge < -0.3 is 14.8 Å². The Morgan fingerprint density at radius 2 is 1.77 bits per heavy atom. The molecule has 1 amide bonds. The summed E-state index contributed by atoms with van der Waals surface area (Å²) in [4.78, 5) is 12.2. The molecule has 2 aromatic carbocycles. The number of benzene rings is 2. The lowest BCUT2D eigenvalue weighted by atomic mass is 10.0. The van der Waals surface area contributed by atoms with E-state index in [1.54, 1.807) is 38.5 Å². The Hall–Kier alpha value is -2.46. The van der Waals surface area contributed by atoms with Crippen LogP contribution >= 0.6 is 11.6 Å². The third-order valence-corrected chi connectivity index (χ3v) is 3.86. The normalized spacial score (nSPS) is 14.7. The minimum Gasteiger partial charge on any atom is -0.493 e. The van der Waals surface area contributed by atoms with Crippen molar-refractivity contribution in [3.05, 3.63) is 52.5 Å². The van der Waals surface area contributed by atoms with Gasteiger partial charge in [0.1, 0.15) is 0 Å². The van der Waals surface area contributed by atoms with Crippen molar-refractivity contribution in [3.8, 4) is 11.5 Å². The molecule has 22 heavy (non-hydrogen) atoms. The molecule has 0 saturated carbocycles. The number of amides is 1. The summed E-state index contributed by atoms with van der Waals surface area (Å²) >= 11 is 6.16. The van der Waals surface area contributed by atoms with Crippen LogP contribution in [0.15, 0.2) is 36.4 Å². The largest absolute Gasteiger partial charge is 0.493 e. The third kappa shape index (κ3) is 2.42. The fourth-order valence-electron chi connectivity index (χ4n) is 2.41. The molecule has 1 heterocycles. The van der Waals surface area contributed by atoms with Gasteiger partial charge in [0.2, 0.25) is 0 Å². The van der Waals surface area contributed by atoms with Crippen molar-refractivity contribution < 1.29 is 14.3 Å². The van der Waals surface area contributed by atoms with Crippen molar-refractivity contribution in [2.75, 3.05) is 19.5 Å². The maximum atomic E-state index is 12.2. The highest BCUT2D eigenvalue weighted by Gasteiger charge is 2.26. The van der Waals surface area contributed by atoms with E-state index in [2.05, 4.69) is 5.32 Å². The first-order valence-electron chi connectivity index (χ1n) is 6.68. The topological polar surface area (TPSA) is 47.6 Å². The van der Waals surface area contributed by atoms with Gasteiger partial charge in [-0.25, -0.2) is 0 Å². The monoisotopic (exact) mass is 315 g/mol. The highest BCUT2D eigenvalue weighted by Crippen LogP contribution is 2.41. The van der Waals surface area contributed by atoms with Crippen molar-refractivity contribution in [2.45, 2.75) is 0 Å². The van der Waals surface area contributed by atoms with Crippen LogP contribution in [0.2, 0.25) is 5.02 Å². The van der Waals surface area contributed by atoms with Gasteiger partial charge in [0.25, 0.3) is 5.91 Å². The second-order valence-corrected chi connectivity index (χ2v) is 5.19. The van der Waals surface area contributed by atoms with E-state index in [1.807, 2.05) is 18.2 Å². The zero-order valence-electron chi connectivity index (χ0n) is 12.1. The molecule has 1 N–H and O–H groups in total. The van der Waals surface area contributed by atoms with Gasteiger partial charge in [0.05, 0.1) is 19.9 Å². The first-order chi connectivity index (χ1) is 10.6. The Balaban J connectivity index is 2.14. The number of carbonyl (C=O) groups excluding carboxylic acids is 1. The van der Waals surface area contributed by atoms with Crippen molar-refractivity contribution in [1.82, 2.24) is 0 Å². The molecule has 0 fully saturated rings. The highest BCUT2D eigenvalue weighted by atomic mass is 35.5. The number of hydrogen-bond donors (Lipinski definition) is 1. The lowest BCUT2D eigenvalue weighted by molar-refractivity contribution is -0.110. The average molecular weight is 316 g/mol. The van der Waals surface area contributed by atoms with Crippen LogP contribution in [0.3, 0.4) is 0 Å². The van der Waals surface area contributed by atoms with Gasteiger partial charge in [-0.1, -0.05) is 29.8 Å². The zero-order valence-corrected chi connectivity index (χ0v) is 12.9. The van der Waals surface area contributed by atoms with Crippen LogP contribution in [0.5, 0.6) is 11.5 Å². The minimum absolute atomic E-state index is 0.176. The number of methoxy groups -OCH3 is 2. The van der Waals surface area contributed by atoms with E-state index in [1.165, 1.54) is 0 Å². The van der Waals surface area contributed by atoms with E-state index < -0.39 is 0 Å². The number of rotatable bonds is 3. The number of fused-ring (bicyclic) bond motifs is 1. The molecule has 0 aromatic heterocycles. The van der Waals surface area contributed by atoms with E-state index in [0.29, 0.717) is 27.8 Å². The SMILES string of the molecule is COc1cc2c(cc1OC)C(=Cc1ccccc1Cl)C(=O)N2. The predicted octanol–water partition coefficient (Wildman–Crippen LogP) is 3.85. The maximum Gasteiger partial charge on any atom is 0.256 e. The lowest BCUT2D eigenvalue weighted by Gasteiger charge is -2.09. The van der Waals surface area contributed by atoms with Crippen LogP contribution in [0, 0.1) is 0 Å². The standard InChI is InChI=1S/C17H14ClNO3/c1-21-15-8-11-12(7-10-5-3-4-6-13(10)18)17(20)19-14(11)9-16(15)22-2/h3-9H,1-2H3,(H,19,20). The molecule has 0 unspecified atom stereocenters. The molecule has 4 nitrogen and oxygen atoms in total. The number of anilines is 1. The molecule has 5 heteroatoms. The first-order valence-corrected chi connectivity index (χ1v) is 7.06. The van der Waals surface area contributed by atoms with E-state index in [9.17, 15) is 4.79 Å². The summed E-state index contributed by atoms with van der Waals surface area (Å²) in [5, 5.41) is 3.42. The minimum atomic E-state index is -0.176. The van der Waals surface area contributed by atoms with Crippen molar-refractivity contribution in [1.29, 1.82) is 0 Å². The number of hydrogen-bond acceptors (Lipinski definition) is 3. The summed E-state index contributed by atoms with van der Waals surface area (Å²) in [6, 6.07) is 10.9. The fraction of sp³-hybridized carbons (Fsp3) is 0.118. The average Bonchev–Trinajstić information content (AvgIpc) is 2.83. The molecule has 0 radical (unpaired) electrons. The van der Waals surface area contributed by atoms with Gasteiger partial charge in [-0.3, -0.25) is 4.79 Å². The molecule has 3 rings (SSSR count). The molecule has 0 spiro atoms. The van der Waals surface area contributed by atoms with Crippen LogP contribution < -0.4 is 14.8 Å². The van der Waals surface area contributed by atoms with Gasteiger partial charge in [-0.15, -0.1) is 0 Å². The molecular weight excluding hydrogens is 302 g/mol. The van der Waals surface area contributed by atoms with Gasteiger partial charge in [-0.05, 0) is 23.8 Å². The molecule has 0 saturated heterocycles. The lowest BCUT2D eigenvalue weighted by Crippen LogP contribution is -2.03. The molecular formula is C17H14ClNO3. The van der Waals surface area contributed by atoms with E-state index in [-0.39, 0.29) is 5.91 Å². The van der Waals surface area contributed by atoms with Gasteiger partial charge in [0, 0.05) is 22.2 Å². The summed E-state index contributed by atoms with van der Waals surface area (Å²) in [6.45, 7) is 0. The summed E-state index contributed by atoms with van der Waals surface area (Å²) in [6.07, 6.45) is 1.77. The number of carbonyl (C=O) groups is 1. The maximum absolute atomic E-state index is 12.2. The number of ether oxygens (including phenoxy) is 2. The van der Waals surface area contributed by atoms with E-state index in [0.717, 1.165) is 11.1 Å². The van der Waals surface area contributed by atoms with E-state index >= 15 is 0 Å². The quantitative estimate of drug-likeness (QED) is 0.875. The van der Waals surface area contributed by atoms with Gasteiger partial charge >= 0.3 is 0 Å². The third-order valence-electron chi connectivity index (χ3n) is 3.51. The molecule has 1 aliphatic heterocycles. The fourth-order valence-corrected chi connectivity index (χ4v) is 2.60. The molecule has 0 atom stereocenters. The summed E-state index contributed by atoms with van der Waals surface area (Å²) in [5.41, 5.74) is 2.80. The number of nitrogens with one attached hydrogen (secondary N) is 1. The molecule has 2 aromatic rings. The Labute approximate surface area is 133 Å². The second kappa shape index (κ2) is 5.73. The van der Waals surface area contributed by atoms with Crippen molar-refractivity contribution >= 4 is 34.8 Å². The summed E-state index contributed by atoms with van der Waals surface area (Å²) in [7, 11) is 3.12. The van der Waals surface area contributed by atoms with Crippen molar-refractivity contribution in [2.24, 2.45) is 0 Å². The van der Waals surface area contributed by atoms with Crippen LogP contribution in [0.1, 0.15) is 11.1 Å². The zero-order chi connectivity index (χ0) is 15.7. The predicted molar refractivity (Wildman–Crippen MR) is 87.5 cm³/mol. The van der Waals surface area contributed by atoms with Crippen LogP contribution in [-0.2, 0) is 4.79 Å². The van der Waals surface area contributed by atoms with Gasteiger partial charge in [0.15, 0.2) is 11.5 Å². The Morgan fingerprint density at radius 1 is 1.09 bits per heavy atom. The highest BCUT2D eigenvalue weighted by molar-refractivity contribution is 6.37. The molecule has 112 valence electrons. The van der Waals surface area contributed by atoms with Crippen LogP contribution in [0.4, 0.5) is 5.69 Å². The molecule has 1 aliphatic rings. The smallest absolute Gasteiger partial charge is 0.256 e. The summed E-state index contributed by atoms with van der Waals surface area (Å²) < 4.78 is 10.6. The van der Waals surface area contributed by atoms with Crippen LogP contribution in [-0.4, -0.2) is 20.1 Å². The van der Waals surface area contributed by atoms with Crippen LogP contribution in [0.25, 0.3) is 11.6 Å². The van der Waals surface area contributed by atoms with Crippen molar-refractivity contribution in [3.63, 3.8) is 0 Å².